The molecule has 0 atom stereocenters. The van der Waals surface area contributed by atoms with Crippen LogP contribution in [-0.4, -0.2) is 27.0 Å². The molecule has 2 amide bonds. The molecule has 2 rings (SSSR count). The molecular formula is C13H11NO4S. The molecule has 19 heavy (non-hydrogen) atoms. The first-order chi connectivity index (χ1) is 8.93. The zero-order valence-corrected chi connectivity index (χ0v) is 11.2. The van der Waals surface area contributed by atoms with Gasteiger partial charge in [-0.25, -0.2) is 4.31 Å². The van der Waals surface area contributed by atoms with Crippen LogP contribution in [0.2, 0.25) is 0 Å². The second-order valence-electron chi connectivity index (χ2n) is 4.01. The summed E-state index contributed by atoms with van der Waals surface area (Å²) in [7, 11) is 0. The van der Waals surface area contributed by atoms with E-state index >= 15 is 0 Å². The maximum absolute atomic E-state index is 12.1. The van der Waals surface area contributed by atoms with Crippen molar-refractivity contribution in [2.24, 2.45) is 0 Å². The number of Topliss-reactive ketones (excluding diaryl/α,β-unsaturated/α-hetero) is 1. The van der Waals surface area contributed by atoms with Crippen molar-refractivity contribution in [2.45, 2.75) is 13.8 Å². The van der Waals surface area contributed by atoms with Gasteiger partial charge in [0.15, 0.2) is 5.78 Å². The average Bonchev–Trinajstić information content (AvgIpc) is 2.59. The van der Waals surface area contributed by atoms with Crippen molar-refractivity contribution in [2.75, 3.05) is 0 Å². The third-order valence-electron chi connectivity index (χ3n) is 2.59. The molecule has 1 aromatic rings. The Morgan fingerprint density at radius 1 is 1.11 bits per heavy atom. The predicted molar refractivity (Wildman–Crippen MR) is 70.5 cm³/mol. The van der Waals surface area contributed by atoms with Crippen LogP contribution < -0.4 is 0 Å². The Labute approximate surface area is 114 Å². The first-order valence-electron chi connectivity index (χ1n) is 5.50. The van der Waals surface area contributed by atoms with Crippen molar-refractivity contribution in [3.63, 3.8) is 0 Å². The minimum absolute atomic E-state index is 0.0190. The number of rotatable bonds is 3. The summed E-state index contributed by atoms with van der Waals surface area (Å²) in [5.74, 6) is -1.58. The Bertz CT molecular complexity index is 582. The van der Waals surface area contributed by atoms with Crippen molar-refractivity contribution in [3.05, 3.63) is 46.1 Å². The van der Waals surface area contributed by atoms with Crippen LogP contribution in [0.15, 0.2) is 34.9 Å². The smallest absolute Gasteiger partial charge is 0.272 e. The van der Waals surface area contributed by atoms with Crippen LogP contribution in [0.5, 0.6) is 0 Å². The van der Waals surface area contributed by atoms with E-state index in [1.807, 2.05) is 0 Å². The minimum Gasteiger partial charge on any atom is -0.511 e. The summed E-state index contributed by atoms with van der Waals surface area (Å²) in [6, 6.07) is 6.44. The number of carbonyl (C=O) groups excluding carboxylic acids is 3. The molecule has 6 heteroatoms. The first kappa shape index (κ1) is 13.4. The molecule has 0 saturated carbocycles. The number of ketones is 1. The van der Waals surface area contributed by atoms with Crippen LogP contribution in [0.4, 0.5) is 0 Å². The number of amides is 2. The first-order valence-corrected chi connectivity index (χ1v) is 6.27. The number of carbonyl (C=O) groups is 3. The van der Waals surface area contributed by atoms with E-state index in [-0.39, 0.29) is 10.7 Å². The number of hydrogen-bond acceptors (Lipinski definition) is 5. The number of nitrogens with zero attached hydrogens (tertiary/aromatic N) is 1. The Hall–Kier alpha value is -2.08. The summed E-state index contributed by atoms with van der Waals surface area (Å²) in [6.07, 6.45) is 0. The normalized spacial score (nSPS) is 15.4. The van der Waals surface area contributed by atoms with Crippen LogP contribution in [0.1, 0.15) is 34.6 Å². The number of aliphatic hydroxyl groups excluding tert-OH is 1. The van der Waals surface area contributed by atoms with Crippen molar-refractivity contribution in [1.29, 1.82) is 0 Å². The highest BCUT2D eigenvalue weighted by atomic mass is 32.2. The van der Waals surface area contributed by atoms with Gasteiger partial charge in [0.2, 0.25) is 0 Å². The molecule has 1 heterocycles. The van der Waals surface area contributed by atoms with Gasteiger partial charge in [-0.1, -0.05) is 12.1 Å². The Kier molecular flexibility index (Phi) is 3.44. The standard InChI is InChI=1S/C13H11NO4S/c1-7(15)11(8(2)16)19-14-12(17)9-5-3-4-6-10(9)13(14)18/h3-6,15H,1-2H3/b11-7+. The molecule has 0 unspecified atom stereocenters. The number of hydrogen-bond donors (Lipinski definition) is 1. The molecule has 5 nitrogen and oxygen atoms in total. The highest BCUT2D eigenvalue weighted by Gasteiger charge is 2.37. The molecule has 0 radical (unpaired) electrons. The fourth-order valence-corrected chi connectivity index (χ4v) is 2.53. The van der Waals surface area contributed by atoms with E-state index in [4.69, 9.17) is 0 Å². The monoisotopic (exact) mass is 277 g/mol. The Morgan fingerprint density at radius 2 is 1.58 bits per heavy atom. The van der Waals surface area contributed by atoms with Crippen LogP contribution in [0, 0.1) is 0 Å². The molecule has 0 fully saturated rings. The molecule has 0 aliphatic carbocycles. The molecular weight excluding hydrogens is 266 g/mol. The van der Waals surface area contributed by atoms with E-state index in [0.717, 1.165) is 4.31 Å². The van der Waals surface area contributed by atoms with Gasteiger partial charge < -0.3 is 5.11 Å². The van der Waals surface area contributed by atoms with E-state index in [9.17, 15) is 19.5 Å². The van der Waals surface area contributed by atoms with E-state index < -0.39 is 17.6 Å². The number of imide groups is 1. The van der Waals surface area contributed by atoms with E-state index in [1.165, 1.54) is 13.8 Å². The van der Waals surface area contributed by atoms with E-state index in [1.54, 1.807) is 24.3 Å². The maximum Gasteiger partial charge on any atom is 0.272 e. The second kappa shape index (κ2) is 4.89. The highest BCUT2D eigenvalue weighted by molar-refractivity contribution is 8.02. The Morgan fingerprint density at radius 3 is 1.95 bits per heavy atom. The molecule has 0 spiro atoms. The highest BCUT2D eigenvalue weighted by Crippen LogP contribution is 2.33. The van der Waals surface area contributed by atoms with Crippen molar-refractivity contribution in [3.8, 4) is 0 Å². The summed E-state index contributed by atoms with van der Waals surface area (Å²) in [6.45, 7) is 2.60. The summed E-state index contributed by atoms with van der Waals surface area (Å²) >= 11 is 0.656. The fraction of sp³-hybridized carbons (Fsp3) is 0.154. The van der Waals surface area contributed by atoms with E-state index in [0.29, 0.717) is 23.1 Å². The molecule has 0 saturated heterocycles. The summed E-state index contributed by atoms with van der Waals surface area (Å²) in [5, 5.41) is 9.42. The van der Waals surface area contributed by atoms with Gasteiger partial charge in [-0.3, -0.25) is 14.4 Å². The Balaban J connectivity index is 2.36. The molecule has 1 aliphatic rings. The lowest BCUT2D eigenvalue weighted by Gasteiger charge is -2.13. The average molecular weight is 277 g/mol. The van der Waals surface area contributed by atoms with Gasteiger partial charge in [-0.2, -0.15) is 0 Å². The topological polar surface area (TPSA) is 74.7 Å². The third-order valence-corrected chi connectivity index (χ3v) is 3.87. The van der Waals surface area contributed by atoms with Gasteiger partial charge in [0.1, 0.15) is 10.7 Å². The number of allylic oxidation sites excluding steroid dienone is 2. The molecule has 1 aromatic carbocycles. The van der Waals surface area contributed by atoms with Crippen LogP contribution in [-0.2, 0) is 4.79 Å². The number of fused-ring (bicyclic) bond motifs is 1. The quantitative estimate of drug-likeness (QED) is 0.397. The lowest BCUT2D eigenvalue weighted by molar-refractivity contribution is -0.113. The largest absolute Gasteiger partial charge is 0.511 e. The molecule has 1 aliphatic heterocycles. The SMILES string of the molecule is CC(=O)/C(SN1C(=O)c2ccccc2C1=O)=C(/C)O. The lowest BCUT2D eigenvalue weighted by Crippen LogP contribution is -2.23. The number of benzene rings is 1. The van der Waals surface area contributed by atoms with Crippen LogP contribution >= 0.6 is 11.9 Å². The summed E-state index contributed by atoms with van der Waals surface area (Å²) < 4.78 is 0.890. The summed E-state index contributed by atoms with van der Waals surface area (Å²) in [5.41, 5.74) is 0.608. The second-order valence-corrected chi connectivity index (χ2v) is 4.97. The van der Waals surface area contributed by atoms with Crippen molar-refractivity contribution in [1.82, 2.24) is 4.31 Å². The fourth-order valence-electron chi connectivity index (χ4n) is 1.73. The zero-order valence-electron chi connectivity index (χ0n) is 10.3. The van der Waals surface area contributed by atoms with Gasteiger partial charge in [-0.05, 0) is 26.0 Å². The van der Waals surface area contributed by atoms with Crippen LogP contribution in [0.3, 0.4) is 0 Å². The molecule has 98 valence electrons. The van der Waals surface area contributed by atoms with Gasteiger partial charge in [0.25, 0.3) is 11.8 Å². The van der Waals surface area contributed by atoms with Gasteiger partial charge in [-0.15, -0.1) is 0 Å². The van der Waals surface area contributed by atoms with Crippen molar-refractivity contribution >= 4 is 29.5 Å². The molecule has 1 N–H and O–H groups in total. The van der Waals surface area contributed by atoms with Crippen LogP contribution in [0.25, 0.3) is 0 Å². The van der Waals surface area contributed by atoms with E-state index in [2.05, 4.69) is 0 Å². The lowest BCUT2D eigenvalue weighted by atomic mass is 10.1. The molecule has 0 aromatic heterocycles. The molecule has 0 bridgehead atoms. The summed E-state index contributed by atoms with van der Waals surface area (Å²) in [4.78, 5) is 35.5. The van der Waals surface area contributed by atoms with Crippen molar-refractivity contribution < 1.29 is 19.5 Å². The minimum atomic E-state index is -0.481. The number of aliphatic hydroxyl groups is 1. The van der Waals surface area contributed by atoms with Gasteiger partial charge >= 0.3 is 0 Å². The predicted octanol–water partition coefficient (Wildman–Crippen LogP) is 2.31. The van der Waals surface area contributed by atoms with Gasteiger partial charge in [0, 0.05) is 11.9 Å². The third kappa shape index (κ3) is 2.26. The maximum atomic E-state index is 12.1. The zero-order chi connectivity index (χ0) is 14.2. The van der Waals surface area contributed by atoms with Gasteiger partial charge in [0.05, 0.1) is 11.1 Å².